The molecule has 1 aromatic rings. The van der Waals surface area contributed by atoms with Gasteiger partial charge in [0.05, 0.1) is 9.83 Å². The van der Waals surface area contributed by atoms with Crippen molar-refractivity contribution in [3.05, 3.63) is 20.8 Å². The summed E-state index contributed by atoms with van der Waals surface area (Å²) in [5.74, 6) is 0.713. The Bertz CT molecular complexity index is 389. The largest absolute Gasteiger partial charge is 0.384 e. The number of nitrogens with zero attached hydrogens (tertiary/aromatic N) is 1. The van der Waals surface area contributed by atoms with E-state index in [1.807, 2.05) is 0 Å². The van der Waals surface area contributed by atoms with Gasteiger partial charge in [0.2, 0.25) is 0 Å². The second kappa shape index (κ2) is 7.18. The van der Waals surface area contributed by atoms with Crippen LogP contribution in [0.15, 0.2) is 15.9 Å². The quantitative estimate of drug-likeness (QED) is 0.889. The van der Waals surface area contributed by atoms with E-state index in [2.05, 4.69) is 39.9 Å². The fraction of sp³-hybridized carbons (Fsp3) is 0.714. The molecule has 0 spiro atoms. The molecule has 2 heterocycles. The standard InChI is InChI=1S/C14H23BrN2OS/c1-10(16)14(12-3-4-13(15)19-12)17-7-5-11(6-8-17)9-18-2/h3-4,10-11,14H,5-9,16H2,1-2H3. The molecule has 5 heteroatoms. The first-order chi connectivity index (χ1) is 9.11. The molecule has 0 saturated carbocycles. The Morgan fingerprint density at radius 1 is 1.47 bits per heavy atom. The summed E-state index contributed by atoms with van der Waals surface area (Å²) in [4.78, 5) is 3.90. The Labute approximate surface area is 128 Å². The van der Waals surface area contributed by atoms with Gasteiger partial charge in [-0.05, 0) is 66.8 Å². The summed E-state index contributed by atoms with van der Waals surface area (Å²) in [6.07, 6.45) is 2.42. The van der Waals surface area contributed by atoms with Crippen LogP contribution in [-0.4, -0.2) is 37.7 Å². The van der Waals surface area contributed by atoms with Crippen molar-refractivity contribution in [3.63, 3.8) is 0 Å². The molecule has 1 fully saturated rings. The summed E-state index contributed by atoms with van der Waals surface area (Å²) in [6, 6.07) is 4.82. The lowest BCUT2D eigenvalue weighted by molar-refractivity contribution is 0.0745. The van der Waals surface area contributed by atoms with Crippen molar-refractivity contribution in [1.82, 2.24) is 4.90 Å². The van der Waals surface area contributed by atoms with E-state index >= 15 is 0 Å². The molecule has 2 atom stereocenters. The fourth-order valence-corrected chi connectivity index (χ4v) is 4.57. The van der Waals surface area contributed by atoms with Gasteiger partial charge in [-0.2, -0.15) is 0 Å². The van der Waals surface area contributed by atoms with E-state index in [4.69, 9.17) is 10.5 Å². The van der Waals surface area contributed by atoms with Gasteiger partial charge in [-0.3, -0.25) is 4.90 Å². The highest BCUT2D eigenvalue weighted by Gasteiger charge is 2.29. The molecule has 1 aromatic heterocycles. The second-order valence-corrected chi connectivity index (χ2v) is 7.88. The molecule has 0 amide bonds. The summed E-state index contributed by atoms with van der Waals surface area (Å²) in [5.41, 5.74) is 6.23. The zero-order chi connectivity index (χ0) is 13.8. The van der Waals surface area contributed by atoms with Crippen molar-refractivity contribution in [2.24, 2.45) is 11.7 Å². The van der Waals surface area contributed by atoms with Crippen LogP contribution < -0.4 is 5.73 Å². The average molecular weight is 347 g/mol. The second-order valence-electron chi connectivity index (χ2n) is 5.38. The van der Waals surface area contributed by atoms with Crippen LogP contribution in [0.1, 0.15) is 30.7 Å². The zero-order valence-electron chi connectivity index (χ0n) is 11.6. The predicted molar refractivity (Wildman–Crippen MR) is 84.6 cm³/mol. The molecule has 2 unspecified atom stereocenters. The van der Waals surface area contributed by atoms with Crippen molar-refractivity contribution in [2.75, 3.05) is 26.8 Å². The molecular weight excluding hydrogens is 324 g/mol. The minimum absolute atomic E-state index is 0.157. The molecule has 2 N–H and O–H groups in total. The van der Waals surface area contributed by atoms with Gasteiger partial charge in [0, 0.05) is 24.6 Å². The first kappa shape index (κ1) is 15.4. The Kier molecular flexibility index (Phi) is 5.84. The minimum Gasteiger partial charge on any atom is -0.384 e. The number of piperidine rings is 1. The van der Waals surface area contributed by atoms with Crippen LogP contribution >= 0.6 is 27.3 Å². The van der Waals surface area contributed by atoms with Gasteiger partial charge in [0.25, 0.3) is 0 Å². The topological polar surface area (TPSA) is 38.5 Å². The molecular formula is C14H23BrN2OS. The first-order valence-corrected chi connectivity index (χ1v) is 8.46. The van der Waals surface area contributed by atoms with E-state index < -0.39 is 0 Å². The molecule has 0 radical (unpaired) electrons. The number of halogens is 1. The van der Waals surface area contributed by atoms with Crippen LogP contribution in [-0.2, 0) is 4.74 Å². The fourth-order valence-electron chi connectivity index (χ4n) is 2.89. The number of hydrogen-bond acceptors (Lipinski definition) is 4. The average Bonchev–Trinajstić information content (AvgIpc) is 2.78. The third kappa shape index (κ3) is 4.02. The maximum absolute atomic E-state index is 6.23. The van der Waals surface area contributed by atoms with Crippen LogP contribution in [0.4, 0.5) is 0 Å². The number of nitrogens with two attached hydrogens (primary N) is 1. The van der Waals surface area contributed by atoms with E-state index in [0.717, 1.165) is 19.7 Å². The lowest BCUT2D eigenvalue weighted by Crippen LogP contribution is -2.43. The number of hydrogen-bond donors (Lipinski definition) is 1. The first-order valence-electron chi connectivity index (χ1n) is 6.85. The predicted octanol–water partition coefficient (Wildman–Crippen LogP) is 3.26. The SMILES string of the molecule is COCC1CCN(C(c2ccc(Br)s2)C(C)N)CC1. The molecule has 1 aliphatic rings. The highest BCUT2D eigenvalue weighted by molar-refractivity contribution is 9.11. The molecule has 19 heavy (non-hydrogen) atoms. The van der Waals surface area contributed by atoms with Gasteiger partial charge in [-0.25, -0.2) is 0 Å². The molecule has 108 valence electrons. The molecule has 1 saturated heterocycles. The molecule has 0 aromatic carbocycles. The number of likely N-dealkylation sites (tertiary alicyclic amines) is 1. The monoisotopic (exact) mass is 346 g/mol. The lowest BCUT2D eigenvalue weighted by Gasteiger charge is -2.38. The number of ether oxygens (including phenoxy) is 1. The van der Waals surface area contributed by atoms with Crippen LogP contribution in [0.25, 0.3) is 0 Å². The van der Waals surface area contributed by atoms with Crippen molar-refractivity contribution in [1.29, 1.82) is 0 Å². The van der Waals surface area contributed by atoms with Crippen molar-refractivity contribution in [3.8, 4) is 0 Å². The molecule has 2 rings (SSSR count). The van der Waals surface area contributed by atoms with Gasteiger partial charge in [-0.1, -0.05) is 0 Å². The van der Waals surface area contributed by atoms with E-state index in [-0.39, 0.29) is 6.04 Å². The van der Waals surface area contributed by atoms with E-state index in [1.165, 1.54) is 21.5 Å². The maximum Gasteiger partial charge on any atom is 0.0702 e. The highest BCUT2D eigenvalue weighted by Crippen LogP contribution is 2.34. The third-order valence-corrected chi connectivity index (χ3v) is 5.52. The van der Waals surface area contributed by atoms with Crippen molar-refractivity contribution >= 4 is 27.3 Å². The van der Waals surface area contributed by atoms with Gasteiger partial charge in [-0.15, -0.1) is 11.3 Å². The summed E-state index contributed by atoms with van der Waals surface area (Å²) in [5, 5.41) is 0. The Morgan fingerprint density at radius 3 is 2.63 bits per heavy atom. The summed E-state index contributed by atoms with van der Waals surface area (Å²) in [6.45, 7) is 5.24. The number of thiophene rings is 1. The van der Waals surface area contributed by atoms with Gasteiger partial charge >= 0.3 is 0 Å². The number of methoxy groups -OCH3 is 1. The van der Waals surface area contributed by atoms with Crippen LogP contribution in [0.5, 0.6) is 0 Å². The Balaban J connectivity index is 2.01. The van der Waals surface area contributed by atoms with E-state index in [1.54, 1.807) is 18.4 Å². The zero-order valence-corrected chi connectivity index (χ0v) is 14.0. The van der Waals surface area contributed by atoms with E-state index in [0.29, 0.717) is 12.0 Å². The smallest absolute Gasteiger partial charge is 0.0702 e. The van der Waals surface area contributed by atoms with Gasteiger partial charge < -0.3 is 10.5 Å². The molecule has 0 bridgehead atoms. The van der Waals surface area contributed by atoms with Gasteiger partial charge in [0.1, 0.15) is 0 Å². The molecule has 1 aliphatic heterocycles. The molecule has 0 aliphatic carbocycles. The van der Waals surface area contributed by atoms with Crippen LogP contribution in [0.3, 0.4) is 0 Å². The van der Waals surface area contributed by atoms with Gasteiger partial charge in [0.15, 0.2) is 0 Å². The third-order valence-electron chi connectivity index (χ3n) is 3.83. The summed E-state index contributed by atoms with van der Waals surface area (Å²) < 4.78 is 6.45. The summed E-state index contributed by atoms with van der Waals surface area (Å²) in [7, 11) is 1.79. The normalized spacial score (nSPS) is 21.5. The van der Waals surface area contributed by atoms with Crippen molar-refractivity contribution < 1.29 is 4.74 Å². The Morgan fingerprint density at radius 2 is 2.16 bits per heavy atom. The minimum atomic E-state index is 0.157. The molecule has 3 nitrogen and oxygen atoms in total. The maximum atomic E-state index is 6.23. The van der Waals surface area contributed by atoms with E-state index in [9.17, 15) is 0 Å². The number of rotatable bonds is 5. The summed E-state index contributed by atoms with van der Waals surface area (Å²) >= 11 is 5.35. The highest BCUT2D eigenvalue weighted by atomic mass is 79.9. The lowest BCUT2D eigenvalue weighted by atomic mass is 9.95. The van der Waals surface area contributed by atoms with Crippen LogP contribution in [0.2, 0.25) is 0 Å². The van der Waals surface area contributed by atoms with Crippen LogP contribution in [0, 0.1) is 5.92 Å². The van der Waals surface area contributed by atoms with Crippen molar-refractivity contribution in [2.45, 2.75) is 31.8 Å². The Hall–Kier alpha value is 0.0600.